The highest BCUT2D eigenvalue weighted by Crippen LogP contribution is 2.30. The lowest BCUT2D eigenvalue weighted by Gasteiger charge is -2.32. The number of hydrogen-bond acceptors (Lipinski definition) is 5. The quantitative estimate of drug-likeness (QED) is 0.435. The van der Waals surface area contributed by atoms with E-state index in [1.807, 2.05) is 50.2 Å². The summed E-state index contributed by atoms with van der Waals surface area (Å²) in [5.74, 6) is -0.211. The van der Waals surface area contributed by atoms with Crippen molar-refractivity contribution in [2.45, 2.75) is 68.8 Å². The van der Waals surface area contributed by atoms with Crippen LogP contribution in [0.15, 0.2) is 52.4 Å². The minimum absolute atomic E-state index is 0.167. The average Bonchev–Trinajstić information content (AvgIpc) is 2.82. The van der Waals surface area contributed by atoms with Gasteiger partial charge in [0.2, 0.25) is 5.91 Å². The molecule has 0 bridgehead atoms. The number of thioether (sulfide) groups is 1. The summed E-state index contributed by atoms with van der Waals surface area (Å²) in [6.45, 7) is 5.83. The van der Waals surface area contributed by atoms with Crippen LogP contribution in [0.3, 0.4) is 0 Å². The lowest BCUT2D eigenvalue weighted by atomic mass is 9.83. The third-order valence-electron chi connectivity index (χ3n) is 6.43. The van der Waals surface area contributed by atoms with Crippen LogP contribution in [0.5, 0.6) is 0 Å². The van der Waals surface area contributed by atoms with Gasteiger partial charge in [0.1, 0.15) is 5.54 Å². The third kappa shape index (κ3) is 4.67. The predicted octanol–water partition coefficient (Wildman–Crippen LogP) is 4.83. The van der Waals surface area contributed by atoms with E-state index in [-0.39, 0.29) is 11.5 Å². The largest absolute Gasteiger partial charge is 0.337 e. The van der Waals surface area contributed by atoms with Crippen molar-refractivity contribution in [3.05, 3.63) is 63.9 Å². The SMILES string of the molecule is Cc1ccc(-n2c(SC(C)C(=O)NC3(C#N)CCCCC3)nc3ccccc3c2=O)cc1C. The number of amides is 1. The fourth-order valence-electron chi connectivity index (χ4n) is 4.25. The van der Waals surface area contributed by atoms with Gasteiger partial charge in [-0.3, -0.25) is 14.2 Å². The summed E-state index contributed by atoms with van der Waals surface area (Å²) in [6.07, 6.45) is 4.32. The first-order valence-corrected chi connectivity index (χ1v) is 12.2. The Bertz CT molecular complexity index is 1300. The number of aromatic nitrogens is 2. The molecular formula is C26H28N4O2S. The van der Waals surface area contributed by atoms with Crippen LogP contribution in [0.1, 0.15) is 50.2 Å². The molecule has 0 saturated heterocycles. The highest BCUT2D eigenvalue weighted by atomic mass is 32.2. The van der Waals surface area contributed by atoms with Crippen molar-refractivity contribution in [3.63, 3.8) is 0 Å². The van der Waals surface area contributed by atoms with Crippen molar-refractivity contribution in [1.29, 1.82) is 5.26 Å². The van der Waals surface area contributed by atoms with Gasteiger partial charge in [0.15, 0.2) is 5.16 Å². The van der Waals surface area contributed by atoms with Crippen LogP contribution in [0, 0.1) is 25.2 Å². The summed E-state index contributed by atoms with van der Waals surface area (Å²) in [7, 11) is 0. The van der Waals surface area contributed by atoms with Crippen molar-refractivity contribution in [3.8, 4) is 11.8 Å². The first kappa shape index (κ1) is 23.1. The Balaban J connectivity index is 1.72. The van der Waals surface area contributed by atoms with Gasteiger partial charge in [0.05, 0.1) is 27.9 Å². The van der Waals surface area contributed by atoms with E-state index in [9.17, 15) is 14.9 Å². The first-order chi connectivity index (χ1) is 15.8. The summed E-state index contributed by atoms with van der Waals surface area (Å²) in [5, 5.41) is 13.2. The van der Waals surface area contributed by atoms with Crippen molar-refractivity contribution >= 4 is 28.6 Å². The summed E-state index contributed by atoms with van der Waals surface area (Å²) in [4.78, 5) is 31.3. The maximum Gasteiger partial charge on any atom is 0.266 e. The van der Waals surface area contributed by atoms with E-state index in [2.05, 4.69) is 11.4 Å². The van der Waals surface area contributed by atoms with E-state index in [1.165, 1.54) is 11.8 Å². The van der Waals surface area contributed by atoms with E-state index in [4.69, 9.17) is 4.98 Å². The van der Waals surface area contributed by atoms with E-state index < -0.39 is 10.8 Å². The third-order valence-corrected chi connectivity index (χ3v) is 7.48. The number of nitrogens with zero attached hydrogens (tertiary/aromatic N) is 3. The minimum atomic E-state index is -0.797. The standard InChI is InChI=1S/C26H28N4O2S/c1-17-11-12-20(15-18(17)2)30-24(32)21-9-5-6-10-22(21)28-25(30)33-19(3)23(31)29-26(16-27)13-7-4-8-14-26/h5-6,9-12,15,19H,4,7-8,13-14H2,1-3H3,(H,29,31). The molecule has 1 saturated carbocycles. The smallest absolute Gasteiger partial charge is 0.266 e. The molecule has 170 valence electrons. The van der Waals surface area contributed by atoms with Gasteiger partial charge in [-0.25, -0.2) is 4.98 Å². The van der Waals surface area contributed by atoms with Crippen LogP contribution in [-0.4, -0.2) is 26.2 Å². The van der Waals surface area contributed by atoms with Gasteiger partial charge in [-0.2, -0.15) is 5.26 Å². The Hall–Kier alpha value is -3.11. The van der Waals surface area contributed by atoms with Gasteiger partial charge < -0.3 is 5.32 Å². The van der Waals surface area contributed by atoms with Crippen LogP contribution < -0.4 is 10.9 Å². The predicted molar refractivity (Wildman–Crippen MR) is 132 cm³/mol. The molecule has 0 aliphatic heterocycles. The van der Waals surface area contributed by atoms with Crippen LogP contribution in [-0.2, 0) is 4.79 Å². The molecule has 1 unspecified atom stereocenters. The normalized spacial score (nSPS) is 16.2. The number of nitriles is 1. The second-order valence-electron chi connectivity index (χ2n) is 8.82. The lowest BCUT2D eigenvalue weighted by Crippen LogP contribution is -2.51. The number of nitrogens with one attached hydrogen (secondary N) is 1. The fourth-order valence-corrected chi connectivity index (χ4v) is 5.18. The topological polar surface area (TPSA) is 87.8 Å². The Morgan fingerprint density at radius 2 is 1.88 bits per heavy atom. The molecule has 7 heteroatoms. The molecule has 6 nitrogen and oxygen atoms in total. The monoisotopic (exact) mass is 460 g/mol. The number of carbonyl (C=O) groups excluding carboxylic acids is 1. The van der Waals surface area contributed by atoms with Crippen molar-refractivity contribution in [2.75, 3.05) is 0 Å². The molecule has 1 heterocycles. The number of aryl methyl sites for hydroxylation is 2. The molecule has 1 atom stereocenters. The summed E-state index contributed by atoms with van der Waals surface area (Å²) in [5.41, 5.74) is 2.56. The average molecular weight is 461 g/mol. The molecule has 0 spiro atoms. The highest BCUT2D eigenvalue weighted by molar-refractivity contribution is 8.00. The molecular weight excluding hydrogens is 432 g/mol. The Kier molecular flexibility index (Phi) is 6.57. The van der Waals surface area contributed by atoms with Crippen LogP contribution in [0.2, 0.25) is 0 Å². The van der Waals surface area contributed by atoms with E-state index in [0.717, 1.165) is 36.1 Å². The highest BCUT2D eigenvalue weighted by Gasteiger charge is 2.35. The molecule has 1 aliphatic carbocycles. The molecule has 3 aromatic rings. The Morgan fingerprint density at radius 3 is 2.58 bits per heavy atom. The number of para-hydroxylation sites is 1. The molecule has 1 N–H and O–H groups in total. The Labute approximate surface area is 198 Å². The number of fused-ring (bicyclic) bond motifs is 1. The van der Waals surface area contributed by atoms with Crippen LogP contribution in [0.25, 0.3) is 16.6 Å². The summed E-state index contributed by atoms with van der Waals surface area (Å²) < 4.78 is 1.59. The maximum absolute atomic E-state index is 13.5. The van der Waals surface area contributed by atoms with Gasteiger partial charge in [-0.15, -0.1) is 0 Å². The number of hydrogen-bond donors (Lipinski definition) is 1. The molecule has 1 amide bonds. The van der Waals surface area contributed by atoms with E-state index in [1.54, 1.807) is 17.6 Å². The van der Waals surface area contributed by atoms with Gasteiger partial charge in [-0.1, -0.05) is 49.2 Å². The van der Waals surface area contributed by atoms with Crippen LogP contribution >= 0.6 is 11.8 Å². The van der Waals surface area contributed by atoms with Gasteiger partial charge >= 0.3 is 0 Å². The van der Waals surface area contributed by atoms with Crippen molar-refractivity contribution < 1.29 is 4.79 Å². The molecule has 2 aromatic carbocycles. The van der Waals surface area contributed by atoms with Crippen molar-refractivity contribution in [2.24, 2.45) is 0 Å². The zero-order chi connectivity index (χ0) is 23.6. The minimum Gasteiger partial charge on any atom is -0.337 e. The zero-order valence-corrected chi connectivity index (χ0v) is 20.0. The van der Waals surface area contributed by atoms with Gasteiger partial charge in [0.25, 0.3) is 5.56 Å². The van der Waals surface area contributed by atoms with E-state index >= 15 is 0 Å². The van der Waals surface area contributed by atoms with Gasteiger partial charge in [0, 0.05) is 0 Å². The number of carbonyl (C=O) groups is 1. The molecule has 1 fully saturated rings. The number of rotatable bonds is 5. The summed E-state index contributed by atoms with van der Waals surface area (Å²) in [6, 6.07) is 15.4. The number of benzene rings is 2. The maximum atomic E-state index is 13.5. The Morgan fingerprint density at radius 1 is 1.15 bits per heavy atom. The van der Waals surface area contributed by atoms with Crippen molar-refractivity contribution in [1.82, 2.24) is 14.9 Å². The fraction of sp³-hybridized carbons (Fsp3) is 0.385. The zero-order valence-electron chi connectivity index (χ0n) is 19.2. The van der Waals surface area contributed by atoms with Crippen LogP contribution in [0.4, 0.5) is 0 Å². The lowest BCUT2D eigenvalue weighted by molar-refractivity contribution is -0.121. The van der Waals surface area contributed by atoms with Gasteiger partial charge in [-0.05, 0) is 69.0 Å². The molecule has 0 radical (unpaired) electrons. The second-order valence-corrected chi connectivity index (χ2v) is 10.1. The molecule has 33 heavy (non-hydrogen) atoms. The summed E-state index contributed by atoms with van der Waals surface area (Å²) >= 11 is 1.24. The molecule has 4 rings (SSSR count). The molecule has 1 aliphatic rings. The molecule has 1 aromatic heterocycles. The first-order valence-electron chi connectivity index (χ1n) is 11.3. The van der Waals surface area contributed by atoms with E-state index in [0.29, 0.717) is 28.9 Å². The second kappa shape index (κ2) is 9.40.